The van der Waals surface area contributed by atoms with E-state index in [4.69, 9.17) is 4.52 Å². The van der Waals surface area contributed by atoms with Crippen LogP contribution in [-0.2, 0) is 17.9 Å². The van der Waals surface area contributed by atoms with Crippen LogP contribution in [0, 0.1) is 12.8 Å². The number of nitrogens with zero attached hydrogens (tertiary/aromatic N) is 3. The van der Waals surface area contributed by atoms with Crippen molar-refractivity contribution in [2.24, 2.45) is 5.92 Å². The molecule has 1 aromatic carbocycles. The lowest BCUT2D eigenvalue weighted by Crippen LogP contribution is -2.43. The van der Waals surface area contributed by atoms with Crippen molar-refractivity contribution in [2.75, 3.05) is 14.1 Å². The zero-order chi connectivity index (χ0) is 18.7. The average Bonchev–Trinajstić information content (AvgIpc) is 3.20. The van der Waals surface area contributed by atoms with Crippen LogP contribution in [0.15, 0.2) is 40.9 Å². The number of benzene rings is 1. The fourth-order valence-corrected chi connectivity index (χ4v) is 3.80. The molecule has 1 fully saturated rings. The van der Waals surface area contributed by atoms with E-state index < -0.39 is 6.10 Å². The molecule has 3 atom stereocenters. The van der Waals surface area contributed by atoms with Gasteiger partial charge in [-0.1, -0.05) is 35.5 Å². The van der Waals surface area contributed by atoms with Crippen molar-refractivity contribution in [1.29, 1.82) is 0 Å². The predicted octanol–water partition coefficient (Wildman–Crippen LogP) is 2.21. The minimum absolute atomic E-state index is 0.00755. The van der Waals surface area contributed by atoms with Crippen molar-refractivity contribution in [3.8, 4) is 0 Å². The molecule has 1 aromatic heterocycles. The van der Waals surface area contributed by atoms with Crippen LogP contribution in [0.3, 0.4) is 0 Å². The van der Waals surface area contributed by atoms with Gasteiger partial charge in [-0.2, -0.15) is 0 Å². The van der Waals surface area contributed by atoms with Gasteiger partial charge in [-0.25, -0.2) is 0 Å². The van der Waals surface area contributed by atoms with Crippen LogP contribution in [0.2, 0.25) is 0 Å². The van der Waals surface area contributed by atoms with E-state index in [9.17, 15) is 9.90 Å². The van der Waals surface area contributed by atoms with Gasteiger partial charge in [0, 0.05) is 25.7 Å². The van der Waals surface area contributed by atoms with Crippen LogP contribution in [0.5, 0.6) is 0 Å². The average molecular weight is 357 g/mol. The third-order valence-corrected chi connectivity index (χ3v) is 5.19. The molecule has 1 amide bonds. The minimum Gasteiger partial charge on any atom is -0.391 e. The van der Waals surface area contributed by atoms with Crippen LogP contribution >= 0.6 is 0 Å². The topological polar surface area (TPSA) is 69.8 Å². The van der Waals surface area contributed by atoms with E-state index in [0.717, 1.165) is 24.4 Å². The highest BCUT2D eigenvalue weighted by Gasteiger charge is 2.42. The van der Waals surface area contributed by atoms with Crippen LogP contribution in [0.25, 0.3) is 0 Å². The van der Waals surface area contributed by atoms with Crippen molar-refractivity contribution in [1.82, 2.24) is 15.0 Å². The first kappa shape index (κ1) is 18.6. The lowest BCUT2D eigenvalue weighted by atomic mass is 10.0. The molecule has 6 nitrogen and oxygen atoms in total. The highest BCUT2D eigenvalue weighted by Crippen LogP contribution is 2.31. The highest BCUT2D eigenvalue weighted by molar-refractivity contribution is 5.79. The molecule has 0 unspecified atom stereocenters. The molecule has 1 aliphatic carbocycles. The number of carbonyl (C=O) groups excluding carboxylic acids is 1. The van der Waals surface area contributed by atoms with Crippen molar-refractivity contribution < 1.29 is 14.4 Å². The fourth-order valence-electron chi connectivity index (χ4n) is 3.80. The van der Waals surface area contributed by atoms with Crippen LogP contribution < -0.4 is 0 Å². The molecule has 0 bridgehead atoms. The summed E-state index contributed by atoms with van der Waals surface area (Å²) >= 11 is 0. The summed E-state index contributed by atoms with van der Waals surface area (Å²) in [5, 5.41) is 14.7. The minimum atomic E-state index is -0.655. The Labute approximate surface area is 154 Å². The fraction of sp³-hybridized carbons (Fsp3) is 0.500. The SMILES string of the molecule is Cc1cc(CN(C)C(=O)[C@@H]2CC[C@@H](N(C)Cc3ccccc3)[C@H]2O)no1. The van der Waals surface area contributed by atoms with E-state index in [1.54, 1.807) is 11.9 Å². The molecule has 1 aliphatic rings. The Morgan fingerprint density at radius 1 is 1.23 bits per heavy atom. The van der Waals surface area contributed by atoms with Gasteiger partial charge in [0.05, 0.1) is 18.6 Å². The second-order valence-corrected chi connectivity index (χ2v) is 7.27. The third-order valence-electron chi connectivity index (χ3n) is 5.19. The number of hydrogen-bond acceptors (Lipinski definition) is 5. The number of carbonyl (C=O) groups is 1. The quantitative estimate of drug-likeness (QED) is 0.858. The Balaban J connectivity index is 1.58. The van der Waals surface area contributed by atoms with Gasteiger partial charge in [0.1, 0.15) is 11.5 Å². The third kappa shape index (κ3) is 4.14. The Morgan fingerprint density at radius 3 is 2.62 bits per heavy atom. The molecule has 3 rings (SSSR count). The summed E-state index contributed by atoms with van der Waals surface area (Å²) in [6.45, 7) is 2.98. The van der Waals surface area contributed by atoms with Crippen molar-refractivity contribution >= 4 is 5.91 Å². The number of rotatable bonds is 6. The molecule has 1 heterocycles. The van der Waals surface area contributed by atoms with E-state index in [-0.39, 0.29) is 17.9 Å². The summed E-state index contributed by atoms with van der Waals surface area (Å²) in [7, 11) is 3.76. The number of aliphatic hydroxyl groups excluding tert-OH is 1. The van der Waals surface area contributed by atoms with Gasteiger partial charge in [-0.3, -0.25) is 9.69 Å². The second kappa shape index (κ2) is 8.01. The normalized spacial score (nSPS) is 22.7. The Morgan fingerprint density at radius 2 is 1.96 bits per heavy atom. The van der Waals surface area contributed by atoms with Gasteiger partial charge < -0.3 is 14.5 Å². The number of amides is 1. The molecule has 0 aliphatic heterocycles. The van der Waals surface area contributed by atoms with E-state index in [2.05, 4.69) is 22.2 Å². The lowest BCUT2D eigenvalue weighted by Gasteiger charge is -2.29. The zero-order valence-electron chi connectivity index (χ0n) is 15.6. The molecule has 2 aromatic rings. The van der Waals surface area contributed by atoms with Crippen LogP contribution in [0.1, 0.15) is 29.9 Å². The predicted molar refractivity (Wildman–Crippen MR) is 98.1 cm³/mol. The highest BCUT2D eigenvalue weighted by atomic mass is 16.5. The number of aromatic nitrogens is 1. The maximum atomic E-state index is 12.8. The van der Waals surface area contributed by atoms with Gasteiger partial charge in [0.15, 0.2) is 0 Å². The van der Waals surface area contributed by atoms with E-state index in [0.29, 0.717) is 13.0 Å². The summed E-state index contributed by atoms with van der Waals surface area (Å²) < 4.78 is 5.05. The van der Waals surface area contributed by atoms with Gasteiger partial charge in [-0.15, -0.1) is 0 Å². The van der Waals surface area contributed by atoms with Crippen LogP contribution in [-0.4, -0.2) is 52.2 Å². The molecular weight excluding hydrogens is 330 g/mol. The maximum absolute atomic E-state index is 12.8. The molecule has 6 heteroatoms. The van der Waals surface area contributed by atoms with E-state index in [1.165, 1.54) is 5.56 Å². The first-order valence-corrected chi connectivity index (χ1v) is 9.05. The summed E-state index contributed by atoms with van der Waals surface area (Å²) in [6.07, 6.45) is 0.863. The molecule has 1 N–H and O–H groups in total. The van der Waals surface area contributed by atoms with Gasteiger partial charge in [0.2, 0.25) is 5.91 Å². The van der Waals surface area contributed by atoms with E-state index >= 15 is 0 Å². The lowest BCUT2D eigenvalue weighted by molar-refractivity contribution is -0.138. The molecule has 0 spiro atoms. The largest absolute Gasteiger partial charge is 0.391 e. The molecule has 140 valence electrons. The second-order valence-electron chi connectivity index (χ2n) is 7.27. The molecular formula is C20H27N3O3. The van der Waals surface area contributed by atoms with Gasteiger partial charge in [0.25, 0.3) is 0 Å². The first-order chi connectivity index (χ1) is 12.5. The summed E-state index contributed by atoms with van der Waals surface area (Å²) in [5.41, 5.74) is 1.93. The Bertz CT molecular complexity index is 731. The standard InChI is InChI=1S/C20H27N3O3/c1-14-11-16(21-26-14)13-23(3)20(25)17-9-10-18(19(17)24)22(2)12-15-7-5-4-6-8-15/h4-8,11,17-19,24H,9-10,12-13H2,1-3H3/t17-,18-,19+/m1/s1. The zero-order valence-corrected chi connectivity index (χ0v) is 15.6. The molecule has 0 saturated heterocycles. The Kier molecular flexibility index (Phi) is 5.74. The van der Waals surface area contributed by atoms with E-state index in [1.807, 2.05) is 38.2 Å². The molecule has 1 saturated carbocycles. The molecule has 0 radical (unpaired) electrons. The summed E-state index contributed by atoms with van der Waals surface area (Å²) in [6, 6.07) is 12.0. The molecule has 26 heavy (non-hydrogen) atoms. The Hall–Kier alpha value is -2.18. The monoisotopic (exact) mass is 357 g/mol. The van der Waals surface area contributed by atoms with Crippen molar-refractivity contribution in [3.05, 3.63) is 53.4 Å². The number of hydrogen-bond donors (Lipinski definition) is 1. The van der Waals surface area contributed by atoms with Gasteiger partial charge >= 0.3 is 0 Å². The number of aliphatic hydroxyl groups is 1. The summed E-state index contributed by atoms with van der Waals surface area (Å²) in [5.74, 6) is 0.328. The number of aryl methyl sites for hydroxylation is 1. The smallest absolute Gasteiger partial charge is 0.228 e. The number of likely N-dealkylation sites (N-methyl/N-ethyl adjacent to an activating group) is 1. The van der Waals surface area contributed by atoms with Crippen LogP contribution in [0.4, 0.5) is 0 Å². The maximum Gasteiger partial charge on any atom is 0.228 e. The van der Waals surface area contributed by atoms with Gasteiger partial charge in [-0.05, 0) is 32.4 Å². The first-order valence-electron chi connectivity index (χ1n) is 9.05. The van der Waals surface area contributed by atoms with Crippen molar-refractivity contribution in [3.63, 3.8) is 0 Å². The summed E-state index contributed by atoms with van der Waals surface area (Å²) in [4.78, 5) is 16.6. The van der Waals surface area contributed by atoms with Crippen molar-refractivity contribution in [2.45, 2.75) is 45.0 Å².